The third-order valence-electron chi connectivity index (χ3n) is 14.0. The number of rotatable bonds is 5. The lowest BCUT2D eigenvalue weighted by Crippen LogP contribution is -2.35. The Balaban J connectivity index is 0.973. The van der Waals surface area contributed by atoms with Gasteiger partial charge in [0.25, 0.3) is 0 Å². The highest BCUT2D eigenvalue weighted by atomic mass is 15.3. The molecule has 2 aliphatic heterocycles. The molecular formula is C61H42N2. The molecule has 0 amide bonds. The van der Waals surface area contributed by atoms with Crippen molar-refractivity contribution in [3.8, 4) is 11.1 Å². The van der Waals surface area contributed by atoms with Crippen molar-refractivity contribution < 1.29 is 0 Å². The molecule has 63 heavy (non-hydrogen) atoms. The largest absolute Gasteiger partial charge is 0.318 e. The molecule has 2 heteroatoms. The standard InChI is InChI=1S/C61H42N2/c1-2-14-39(15-3-1)40-28-30-43(31-29-40)61-62-56-35-33-45(37-55(56)58-38-46-18-6-11-27-57(46)63(58)61)44-32-34-53-54(36-44)60(50-26-13-20-42-17-5-8-22-48(42)50)52-24-10-9-23-51(52)59(53)49-25-12-19-41-16-4-7-21-47(41)49/h1-37,54,58,60H,38H2. The number of amidine groups is 1. The minimum atomic E-state index is 0.103. The smallest absolute Gasteiger partial charge is 0.141 e. The molecule has 9 aromatic rings. The lowest BCUT2D eigenvalue weighted by molar-refractivity contribution is 0.655. The van der Waals surface area contributed by atoms with Crippen molar-refractivity contribution in [1.82, 2.24) is 0 Å². The average Bonchev–Trinajstić information content (AvgIpc) is 3.75. The van der Waals surface area contributed by atoms with Gasteiger partial charge in [0.05, 0.1) is 11.7 Å². The number of benzene rings is 9. The first-order chi connectivity index (χ1) is 31.2. The molecule has 2 nitrogen and oxygen atoms in total. The van der Waals surface area contributed by atoms with E-state index in [-0.39, 0.29) is 17.9 Å². The Hall–Kier alpha value is -7.81. The molecule has 0 fully saturated rings. The van der Waals surface area contributed by atoms with E-state index in [0.29, 0.717) is 0 Å². The van der Waals surface area contributed by atoms with E-state index in [9.17, 15) is 0 Å². The maximum absolute atomic E-state index is 5.48. The maximum Gasteiger partial charge on any atom is 0.141 e. The van der Waals surface area contributed by atoms with Crippen LogP contribution in [0.25, 0.3) is 43.8 Å². The first-order valence-electron chi connectivity index (χ1n) is 22.2. The van der Waals surface area contributed by atoms with Gasteiger partial charge in [0, 0.05) is 28.7 Å². The van der Waals surface area contributed by atoms with E-state index in [1.54, 1.807) is 0 Å². The van der Waals surface area contributed by atoms with Crippen LogP contribution in [-0.2, 0) is 6.42 Å². The summed E-state index contributed by atoms with van der Waals surface area (Å²) in [5.74, 6) is 1.24. The minimum absolute atomic E-state index is 0.103. The van der Waals surface area contributed by atoms with E-state index in [1.165, 1.54) is 94.0 Å². The second kappa shape index (κ2) is 14.4. The third-order valence-corrected chi connectivity index (χ3v) is 14.0. The van der Waals surface area contributed by atoms with Crippen molar-refractivity contribution in [2.45, 2.75) is 18.4 Å². The van der Waals surface area contributed by atoms with Gasteiger partial charge in [-0.25, -0.2) is 4.99 Å². The van der Waals surface area contributed by atoms with Gasteiger partial charge in [-0.05, 0) is 107 Å². The molecule has 0 radical (unpaired) electrons. The monoisotopic (exact) mass is 802 g/mol. The Morgan fingerprint density at radius 2 is 1.10 bits per heavy atom. The van der Waals surface area contributed by atoms with Crippen LogP contribution in [0.3, 0.4) is 0 Å². The predicted molar refractivity (Wildman–Crippen MR) is 263 cm³/mol. The van der Waals surface area contributed by atoms with E-state index < -0.39 is 0 Å². The molecule has 2 aliphatic carbocycles. The van der Waals surface area contributed by atoms with E-state index >= 15 is 0 Å². The molecular weight excluding hydrogens is 761 g/mol. The molecule has 13 rings (SSSR count). The van der Waals surface area contributed by atoms with Gasteiger partial charge in [-0.1, -0.05) is 206 Å². The van der Waals surface area contributed by atoms with E-state index in [4.69, 9.17) is 4.99 Å². The highest BCUT2D eigenvalue weighted by Crippen LogP contribution is 2.54. The number of nitrogens with zero attached hydrogens (tertiary/aromatic N) is 2. The van der Waals surface area contributed by atoms with Gasteiger partial charge in [0.1, 0.15) is 5.84 Å². The Bertz CT molecular complexity index is 3430. The van der Waals surface area contributed by atoms with Gasteiger partial charge in [-0.3, -0.25) is 0 Å². The molecule has 3 atom stereocenters. The topological polar surface area (TPSA) is 15.6 Å². The lowest BCUT2D eigenvalue weighted by Gasteiger charge is -2.38. The molecule has 4 aliphatic rings. The summed E-state index contributed by atoms with van der Waals surface area (Å²) < 4.78 is 0. The highest BCUT2D eigenvalue weighted by Gasteiger charge is 2.40. The summed E-state index contributed by atoms with van der Waals surface area (Å²) in [5, 5.41) is 5.14. The fourth-order valence-corrected chi connectivity index (χ4v) is 11.1. The summed E-state index contributed by atoms with van der Waals surface area (Å²) in [4.78, 5) is 7.98. The zero-order valence-corrected chi connectivity index (χ0v) is 34.7. The second-order valence-corrected chi connectivity index (χ2v) is 17.3. The summed E-state index contributed by atoms with van der Waals surface area (Å²) in [6, 6.07) is 76.1. The summed E-state index contributed by atoms with van der Waals surface area (Å²) in [6.45, 7) is 0. The van der Waals surface area contributed by atoms with Crippen molar-refractivity contribution in [3.63, 3.8) is 0 Å². The quantitative estimate of drug-likeness (QED) is 0.169. The Kier molecular flexibility index (Phi) is 8.20. The van der Waals surface area contributed by atoms with Crippen LogP contribution in [0.5, 0.6) is 0 Å². The van der Waals surface area contributed by atoms with Gasteiger partial charge in [-0.15, -0.1) is 0 Å². The third kappa shape index (κ3) is 5.75. The molecule has 0 aromatic heterocycles. The molecule has 0 saturated heterocycles. The second-order valence-electron chi connectivity index (χ2n) is 17.3. The summed E-state index contributed by atoms with van der Waals surface area (Å²) in [6.07, 6.45) is 8.33. The Labute approximate surface area is 368 Å². The van der Waals surface area contributed by atoms with E-state index in [2.05, 4.69) is 229 Å². The van der Waals surface area contributed by atoms with Crippen molar-refractivity contribution in [2.75, 3.05) is 4.90 Å². The van der Waals surface area contributed by atoms with Gasteiger partial charge in [0.15, 0.2) is 0 Å². The summed E-state index contributed by atoms with van der Waals surface area (Å²) in [7, 11) is 0. The maximum atomic E-state index is 5.48. The first kappa shape index (κ1) is 35.9. The summed E-state index contributed by atoms with van der Waals surface area (Å²) >= 11 is 0. The zero-order valence-electron chi connectivity index (χ0n) is 34.7. The van der Waals surface area contributed by atoms with Crippen molar-refractivity contribution in [3.05, 3.63) is 275 Å². The van der Waals surface area contributed by atoms with E-state index in [0.717, 1.165) is 23.5 Å². The number of hydrogen-bond donors (Lipinski definition) is 0. The van der Waals surface area contributed by atoms with Gasteiger partial charge in [-0.2, -0.15) is 0 Å². The number of allylic oxidation sites excluding steroid dienone is 5. The van der Waals surface area contributed by atoms with Crippen LogP contribution in [0.4, 0.5) is 11.4 Å². The molecule has 0 saturated carbocycles. The van der Waals surface area contributed by atoms with Crippen LogP contribution in [0, 0.1) is 5.92 Å². The van der Waals surface area contributed by atoms with Crippen LogP contribution in [0.2, 0.25) is 0 Å². The van der Waals surface area contributed by atoms with Gasteiger partial charge >= 0.3 is 0 Å². The van der Waals surface area contributed by atoms with Crippen molar-refractivity contribution in [1.29, 1.82) is 0 Å². The molecule has 9 aromatic carbocycles. The molecule has 0 bridgehead atoms. The summed E-state index contributed by atoms with van der Waals surface area (Å²) in [5.41, 5.74) is 19.0. The van der Waals surface area contributed by atoms with Crippen molar-refractivity contribution >= 4 is 49.9 Å². The predicted octanol–water partition coefficient (Wildman–Crippen LogP) is 15.1. The number of para-hydroxylation sites is 1. The molecule has 0 spiro atoms. The number of hydrogen-bond acceptors (Lipinski definition) is 2. The number of anilines is 1. The fourth-order valence-electron chi connectivity index (χ4n) is 11.1. The van der Waals surface area contributed by atoms with Crippen LogP contribution in [0.1, 0.15) is 56.5 Å². The van der Waals surface area contributed by atoms with Gasteiger partial charge in [0.2, 0.25) is 0 Å². The van der Waals surface area contributed by atoms with Crippen LogP contribution in [-0.4, -0.2) is 5.84 Å². The fraction of sp³-hybridized carbons (Fsp3) is 0.0656. The van der Waals surface area contributed by atoms with E-state index in [1.807, 2.05) is 0 Å². The molecule has 3 unspecified atom stereocenters. The van der Waals surface area contributed by atoms with Crippen LogP contribution >= 0.6 is 0 Å². The van der Waals surface area contributed by atoms with Crippen LogP contribution in [0.15, 0.2) is 235 Å². The lowest BCUT2D eigenvalue weighted by atomic mass is 9.65. The number of fused-ring (bicyclic) bond motifs is 9. The zero-order chi connectivity index (χ0) is 41.4. The molecule has 0 N–H and O–H groups in total. The molecule has 2 heterocycles. The normalized spacial score (nSPS) is 18.3. The first-order valence-corrected chi connectivity index (χ1v) is 22.2. The van der Waals surface area contributed by atoms with Crippen LogP contribution < -0.4 is 4.90 Å². The van der Waals surface area contributed by atoms with Crippen molar-refractivity contribution in [2.24, 2.45) is 10.9 Å². The Morgan fingerprint density at radius 3 is 1.97 bits per heavy atom. The molecule has 296 valence electrons. The highest BCUT2D eigenvalue weighted by molar-refractivity contribution is 6.14. The minimum Gasteiger partial charge on any atom is -0.318 e. The number of aliphatic imine (C=N–C) groups is 1. The Morgan fingerprint density at radius 1 is 0.460 bits per heavy atom. The SMILES string of the molecule is C1=CC2=C(c3cccc4ccccc34)c3ccccc3C(c3cccc4ccccc34)C2C=C1c1ccc2c(c1)C1Cc3ccccc3N1C(c1ccc(-c3ccccc3)cc1)=N2. The average molecular weight is 803 g/mol. The van der Waals surface area contributed by atoms with Gasteiger partial charge < -0.3 is 4.90 Å².